The lowest BCUT2D eigenvalue weighted by Gasteiger charge is -2.15. The number of aromatic nitrogens is 1. The Morgan fingerprint density at radius 1 is 0.900 bits per heavy atom. The van der Waals surface area contributed by atoms with Crippen molar-refractivity contribution in [2.75, 3.05) is 26.6 Å². The Morgan fingerprint density at radius 3 is 2.43 bits per heavy atom. The monoisotopic (exact) mass is 420 g/mol. The molecule has 0 saturated carbocycles. The molecule has 6 nitrogen and oxygen atoms in total. The highest BCUT2D eigenvalue weighted by atomic mass is 32.1. The molecule has 1 N–H and O–H groups in total. The number of carbonyl (C=O) groups excluding carboxylic acids is 1. The minimum absolute atomic E-state index is 0.311. The third-order valence-corrected chi connectivity index (χ3v) is 5.70. The molecule has 7 heteroatoms. The molecular formula is C23H20N2O4S. The number of amides is 1. The summed E-state index contributed by atoms with van der Waals surface area (Å²) in [5.74, 6) is 0.866. The standard InChI is InChI=1S/C23H20N2O4S/c1-27-18-12-11-16(20(28-2)21(18)29-3)22(26)24-15-8-6-7-14(13-15)23-25-17-9-4-5-10-19(17)30-23/h4-13H,1-3H3,(H,24,26). The highest BCUT2D eigenvalue weighted by Gasteiger charge is 2.21. The first-order valence-corrected chi connectivity index (χ1v) is 10.0. The number of rotatable bonds is 6. The average molecular weight is 420 g/mol. The zero-order chi connectivity index (χ0) is 21.1. The number of anilines is 1. The van der Waals surface area contributed by atoms with Gasteiger partial charge in [0.05, 0.1) is 37.1 Å². The van der Waals surface area contributed by atoms with Gasteiger partial charge in [-0.3, -0.25) is 4.79 Å². The van der Waals surface area contributed by atoms with E-state index >= 15 is 0 Å². The Morgan fingerprint density at radius 2 is 1.70 bits per heavy atom. The molecule has 0 aliphatic rings. The number of ether oxygens (including phenoxy) is 3. The first-order valence-electron chi connectivity index (χ1n) is 9.21. The van der Waals surface area contributed by atoms with Gasteiger partial charge < -0.3 is 19.5 Å². The molecule has 0 saturated heterocycles. The van der Waals surface area contributed by atoms with E-state index in [1.54, 1.807) is 23.5 Å². The van der Waals surface area contributed by atoms with Crippen LogP contribution < -0.4 is 19.5 Å². The molecular weight excluding hydrogens is 400 g/mol. The number of para-hydroxylation sites is 1. The van der Waals surface area contributed by atoms with E-state index in [-0.39, 0.29) is 5.91 Å². The van der Waals surface area contributed by atoms with Crippen molar-refractivity contribution in [3.05, 3.63) is 66.2 Å². The van der Waals surface area contributed by atoms with Crippen molar-refractivity contribution in [3.63, 3.8) is 0 Å². The Bertz CT molecular complexity index is 1190. The molecule has 0 bridgehead atoms. The summed E-state index contributed by atoms with van der Waals surface area (Å²) in [4.78, 5) is 17.6. The van der Waals surface area contributed by atoms with Gasteiger partial charge in [0.1, 0.15) is 5.01 Å². The molecule has 1 heterocycles. The summed E-state index contributed by atoms with van der Waals surface area (Å²) in [6.07, 6.45) is 0. The molecule has 0 fully saturated rings. The highest BCUT2D eigenvalue weighted by molar-refractivity contribution is 7.21. The zero-order valence-corrected chi connectivity index (χ0v) is 17.6. The van der Waals surface area contributed by atoms with Gasteiger partial charge in [-0.1, -0.05) is 24.3 Å². The van der Waals surface area contributed by atoms with Crippen LogP contribution in [0.15, 0.2) is 60.7 Å². The van der Waals surface area contributed by atoms with E-state index in [2.05, 4.69) is 10.3 Å². The lowest BCUT2D eigenvalue weighted by molar-refractivity contribution is 0.102. The van der Waals surface area contributed by atoms with Crippen LogP contribution in [0.3, 0.4) is 0 Å². The maximum atomic E-state index is 12.9. The quantitative estimate of drug-likeness (QED) is 0.462. The number of nitrogens with one attached hydrogen (secondary N) is 1. The maximum absolute atomic E-state index is 12.9. The van der Waals surface area contributed by atoms with Crippen LogP contribution in [0.2, 0.25) is 0 Å². The van der Waals surface area contributed by atoms with Gasteiger partial charge in [0.25, 0.3) is 5.91 Å². The Balaban J connectivity index is 1.64. The second-order valence-electron chi connectivity index (χ2n) is 6.40. The normalized spacial score (nSPS) is 10.6. The lowest BCUT2D eigenvalue weighted by atomic mass is 10.1. The van der Waals surface area contributed by atoms with Gasteiger partial charge in [-0.15, -0.1) is 11.3 Å². The SMILES string of the molecule is COc1ccc(C(=O)Nc2cccc(-c3nc4ccccc4s3)c2)c(OC)c1OC. The molecule has 0 aliphatic carbocycles. The van der Waals surface area contributed by atoms with Crippen LogP contribution in [-0.2, 0) is 0 Å². The number of methoxy groups -OCH3 is 3. The van der Waals surface area contributed by atoms with E-state index in [4.69, 9.17) is 14.2 Å². The van der Waals surface area contributed by atoms with E-state index in [1.165, 1.54) is 21.3 Å². The van der Waals surface area contributed by atoms with Crippen LogP contribution in [0.5, 0.6) is 17.2 Å². The third-order valence-electron chi connectivity index (χ3n) is 4.61. The number of nitrogens with zero attached hydrogens (tertiary/aromatic N) is 1. The fourth-order valence-electron chi connectivity index (χ4n) is 3.20. The molecule has 0 atom stereocenters. The molecule has 30 heavy (non-hydrogen) atoms. The van der Waals surface area contributed by atoms with Crippen molar-refractivity contribution in [3.8, 4) is 27.8 Å². The molecule has 152 valence electrons. The van der Waals surface area contributed by atoms with Crippen LogP contribution in [0, 0.1) is 0 Å². The number of hydrogen-bond acceptors (Lipinski definition) is 6. The Labute approximate surface area is 178 Å². The Hall–Kier alpha value is -3.58. The van der Waals surface area contributed by atoms with E-state index in [0.29, 0.717) is 28.5 Å². The van der Waals surface area contributed by atoms with Crippen LogP contribution in [0.4, 0.5) is 5.69 Å². The predicted molar refractivity (Wildman–Crippen MR) is 119 cm³/mol. The van der Waals surface area contributed by atoms with Crippen LogP contribution >= 0.6 is 11.3 Å². The summed E-state index contributed by atoms with van der Waals surface area (Å²) in [6, 6.07) is 18.9. The van der Waals surface area contributed by atoms with Gasteiger partial charge in [0.2, 0.25) is 5.75 Å². The molecule has 3 aromatic carbocycles. The van der Waals surface area contributed by atoms with Crippen molar-refractivity contribution in [1.29, 1.82) is 0 Å². The van der Waals surface area contributed by atoms with Gasteiger partial charge in [-0.25, -0.2) is 4.98 Å². The fraction of sp³-hybridized carbons (Fsp3) is 0.130. The van der Waals surface area contributed by atoms with Gasteiger partial charge in [0.15, 0.2) is 11.5 Å². The number of carbonyl (C=O) groups is 1. The highest BCUT2D eigenvalue weighted by Crippen LogP contribution is 2.40. The second kappa shape index (κ2) is 8.42. The van der Waals surface area contributed by atoms with E-state index < -0.39 is 0 Å². The zero-order valence-electron chi connectivity index (χ0n) is 16.8. The van der Waals surface area contributed by atoms with Crippen molar-refractivity contribution in [2.45, 2.75) is 0 Å². The van der Waals surface area contributed by atoms with Crippen LogP contribution in [0.25, 0.3) is 20.8 Å². The number of hydrogen-bond donors (Lipinski definition) is 1. The van der Waals surface area contributed by atoms with Crippen molar-refractivity contribution < 1.29 is 19.0 Å². The van der Waals surface area contributed by atoms with Crippen LogP contribution in [-0.4, -0.2) is 32.2 Å². The predicted octanol–water partition coefficient (Wildman–Crippen LogP) is 5.24. The summed E-state index contributed by atoms with van der Waals surface area (Å²) >= 11 is 1.62. The van der Waals surface area contributed by atoms with Gasteiger partial charge >= 0.3 is 0 Å². The molecule has 0 aliphatic heterocycles. The minimum Gasteiger partial charge on any atom is -0.493 e. The first kappa shape index (κ1) is 19.7. The lowest BCUT2D eigenvalue weighted by Crippen LogP contribution is -2.14. The summed E-state index contributed by atoms with van der Waals surface area (Å²) < 4.78 is 17.2. The smallest absolute Gasteiger partial charge is 0.259 e. The maximum Gasteiger partial charge on any atom is 0.259 e. The molecule has 0 spiro atoms. The third kappa shape index (κ3) is 3.67. The van der Waals surface area contributed by atoms with Crippen LogP contribution in [0.1, 0.15) is 10.4 Å². The second-order valence-corrected chi connectivity index (χ2v) is 7.43. The summed E-state index contributed by atoms with van der Waals surface area (Å²) in [7, 11) is 4.52. The minimum atomic E-state index is -0.311. The average Bonchev–Trinajstić information content (AvgIpc) is 3.22. The van der Waals surface area contributed by atoms with E-state index in [1.807, 2.05) is 48.5 Å². The van der Waals surface area contributed by atoms with Crippen molar-refractivity contribution >= 4 is 33.1 Å². The molecule has 1 amide bonds. The summed E-state index contributed by atoms with van der Waals surface area (Å²) in [5.41, 5.74) is 2.91. The summed E-state index contributed by atoms with van der Waals surface area (Å²) in [5, 5.41) is 3.83. The van der Waals surface area contributed by atoms with Crippen molar-refractivity contribution in [1.82, 2.24) is 4.98 Å². The topological polar surface area (TPSA) is 69.7 Å². The van der Waals surface area contributed by atoms with E-state index in [9.17, 15) is 4.79 Å². The number of benzene rings is 3. The Kier molecular flexibility index (Phi) is 5.54. The molecule has 0 unspecified atom stereocenters. The first-order chi connectivity index (χ1) is 14.6. The van der Waals surface area contributed by atoms with Gasteiger partial charge in [-0.2, -0.15) is 0 Å². The fourth-order valence-corrected chi connectivity index (χ4v) is 4.17. The van der Waals surface area contributed by atoms with Gasteiger partial charge in [0, 0.05) is 11.3 Å². The molecule has 4 rings (SSSR count). The molecule has 0 radical (unpaired) electrons. The van der Waals surface area contributed by atoms with Crippen molar-refractivity contribution in [2.24, 2.45) is 0 Å². The summed E-state index contributed by atoms with van der Waals surface area (Å²) in [6.45, 7) is 0. The van der Waals surface area contributed by atoms with Gasteiger partial charge in [-0.05, 0) is 36.4 Å². The molecule has 1 aromatic heterocycles. The van der Waals surface area contributed by atoms with E-state index in [0.717, 1.165) is 20.8 Å². The molecule has 4 aromatic rings. The largest absolute Gasteiger partial charge is 0.493 e. The number of thiazole rings is 1. The number of fused-ring (bicyclic) bond motifs is 1.